The van der Waals surface area contributed by atoms with Crippen LogP contribution in [0.25, 0.3) is 5.70 Å². The maximum atomic E-state index is 13.5. The predicted molar refractivity (Wildman–Crippen MR) is 141 cm³/mol. The smallest absolute Gasteiger partial charge is 0.322 e. The van der Waals surface area contributed by atoms with Crippen molar-refractivity contribution in [3.05, 3.63) is 75.9 Å². The number of nitrogens with one attached hydrogen (secondary N) is 4. The van der Waals surface area contributed by atoms with Gasteiger partial charge in [0, 0.05) is 37.1 Å². The van der Waals surface area contributed by atoms with E-state index in [9.17, 15) is 22.8 Å². The second-order valence-electron chi connectivity index (χ2n) is 8.97. The number of hydrogen-bond donors (Lipinski definition) is 4. The number of thiazole rings is 1. The van der Waals surface area contributed by atoms with Crippen LogP contribution in [0.5, 0.6) is 0 Å². The van der Waals surface area contributed by atoms with Crippen molar-refractivity contribution in [1.82, 2.24) is 20.8 Å². The number of aryl methyl sites for hydroxylation is 1. The van der Waals surface area contributed by atoms with Crippen LogP contribution in [0.15, 0.2) is 48.8 Å². The number of benzene rings is 2. The molecule has 0 aliphatic carbocycles. The summed E-state index contributed by atoms with van der Waals surface area (Å²) in [6.07, 6.45) is -1.16. The Balaban J connectivity index is 1.55. The van der Waals surface area contributed by atoms with Crippen LogP contribution in [0.3, 0.4) is 0 Å². The van der Waals surface area contributed by atoms with Crippen LogP contribution in [0, 0.1) is 6.92 Å². The molecule has 1 aliphatic heterocycles. The van der Waals surface area contributed by atoms with E-state index in [0.29, 0.717) is 27.8 Å². The molecule has 0 spiro atoms. The molecule has 0 radical (unpaired) electrons. The molecule has 0 unspecified atom stereocenters. The first kappa shape index (κ1) is 27.1. The lowest BCUT2D eigenvalue weighted by atomic mass is 10.0. The summed E-state index contributed by atoms with van der Waals surface area (Å²) in [5.74, 6) is -0.864. The maximum Gasteiger partial charge on any atom is 0.416 e. The van der Waals surface area contributed by atoms with E-state index in [2.05, 4.69) is 26.6 Å². The Labute approximate surface area is 221 Å². The topological polar surface area (TPSA) is 102 Å². The van der Waals surface area contributed by atoms with Gasteiger partial charge in [0.25, 0.3) is 5.91 Å². The molecule has 200 valence electrons. The lowest BCUT2D eigenvalue weighted by Gasteiger charge is -2.19. The average molecular weight is 546 g/mol. The van der Waals surface area contributed by atoms with Crippen LogP contribution in [-0.4, -0.2) is 35.8 Å². The van der Waals surface area contributed by atoms with Gasteiger partial charge in [-0.2, -0.15) is 13.2 Å². The van der Waals surface area contributed by atoms with Crippen LogP contribution < -0.4 is 26.6 Å². The van der Waals surface area contributed by atoms with Crippen molar-refractivity contribution in [3.8, 4) is 0 Å². The van der Waals surface area contributed by atoms with Crippen LogP contribution in [0.4, 0.5) is 29.7 Å². The zero-order chi connectivity index (χ0) is 27.6. The number of nitrogens with zero attached hydrogens (tertiary/aromatic N) is 3. The highest BCUT2D eigenvalue weighted by Gasteiger charge is 2.32. The molecule has 0 atom stereocenters. The van der Waals surface area contributed by atoms with Crippen LogP contribution in [0.1, 0.15) is 38.8 Å². The van der Waals surface area contributed by atoms with Crippen molar-refractivity contribution in [1.29, 1.82) is 0 Å². The summed E-state index contributed by atoms with van der Waals surface area (Å²) in [4.78, 5) is 30.9. The molecule has 4 rings (SSSR count). The standard InChI is InChI=1S/C25H26F3N7O2S/c1-14-5-6-19(31-23(37)17-7-16(12-34(3)4)8-18(9-17)25(26,27)28)10-21(14)35-13-20(32-33-35)22-11-29-24(38-22)30-15(2)36/h5-11,13,32-33H,12H2,1-4H3,(H,31,37)(H,29,30,36). The summed E-state index contributed by atoms with van der Waals surface area (Å²) in [5.41, 5.74) is 8.19. The number of rotatable bonds is 7. The van der Waals surface area contributed by atoms with E-state index >= 15 is 0 Å². The first-order chi connectivity index (χ1) is 17.9. The van der Waals surface area contributed by atoms with Gasteiger partial charge >= 0.3 is 6.18 Å². The van der Waals surface area contributed by atoms with Crippen LogP contribution >= 0.6 is 11.3 Å². The van der Waals surface area contributed by atoms with E-state index in [0.717, 1.165) is 22.6 Å². The molecule has 9 nitrogen and oxygen atoms in total. The fourth-order valence-corrected chi connectivity index (χ4v) is 4.60. The van der Waals surface area contributed by atoms with Gasteiger partial charge < -0.3 is 21.0 Å². The minimum atomic E-state index is -4.58. The minimum Gasteiger partial charge on any atom is -0.322 e. The predicted octanol–water partition coefficient (Wildman–Crippen LogP) is 4.57. The van der Waals surface area contributed by atoms with Crippen molar-refractivity contribution in [2.75, 3.05) is 29.7 Å². The fraction of sp³-hybridized carbons (Fsp3) is 0.240. The molecule has 3 aromatic rings. The Kier molecular flexibility index (Phi) is 7.71. The third-order valence-electron chi connectivity index (χ3n) is 5.43. The number of carbonyl (C=O) groups is 2. The number of carbonyl (C=O) groups excluding carboxylic acids is 2. The van der Waals surface area contributed by atoms with Gasteiger partial charge in [-0.25, -0.2) is 4.98 Å². The number of amides is 2. The van der Waals surface area contributed by atoms with Crippen molar-refractivity contribution in [3.63, 3.8) is 0 Å². The monoisotopic (exact) mass is 545 g/mol. The van der Waals surface area contributed by atoms with Gasteiger partial charge in [0.05, 0.1) is 21.8 Å². The molecule has 13 heteroatoms. The zero-order valence-corrected chi connectivity index (χ0v) is 21.8. The van der Waals surface area contributed by atoms with E-state index in [1.54, 1.807) is 54.6 Å². The highest BCUT2D eigenvalue weighted by atomic mass is 32.1. The van der Waals surface area contributed by atoms with Gasteiger partial charge in [-0.15, -0.1) is 5.53 Å². The Hall–Kier alpha value is -3.94. The van der Waals surface area contributed by atoms with E-state index in [1.807, 2.05) is 6.92 Å². The second kappa shape index (κ2) is 10.8. The number of halogens is 3. The molecule has 38 heavy (non-hydrogen) atoms. The Bertz CT molecular complexity index is 1400. The number of hydrazine groups is 2. The first-order valence-corrected chi connectivity index (χ1v) is 12.2. The summed E-state index contributed by atoms with van der Waals surface area (Å²) in [7, 11) is 3.48. The Morgan fingerprint density at radius 3 is 2.58 bits per heavy atom. The molecule has 0 fully saturated rings. The van der Waals surface area contributed by atoms with Crippen molar-refractivity contribution < 1.29 is 22.8 Å². The van der Waals surface area contributed by atoms with Gasteiger partial charge in [-0.05, 0) is 62.5 Å². The summed E-state index contributed by atoms with van der Waals surface area (Å²) < 4.78 is 40.4. The molecule has 2 aromatic carbocycles. The molecule has 2 amide bonds. The van der Waals surface area contributed by atoms with Gasteiger partial charge in [0.1, 0.15) is 0 Å². The second-order valence-corrected chi connectivity index (χ2v) is 10.0. The first-order valence-electron chi connectivity index (χ1n) is 11.4. The van der Waals surface area contributed by atoms with Crippen LogP contribution in [0.2, 0.25) is 0 Å². The minimum absolute atomic E-state index is 0.0814. The molecule has 0 saturated carbocycles. The normalized spacial score (nSPS) is 13.4. The number of aromatic nitrogens is 1. The molecule has 2 heterocycles. The maximum absolute atomic E-state index is 13.5. The quantitative estimate of drug-likeness (QED) is 0.345. The molecular weight excluding hydrogens is 519 g/mol. The Morgan fingerprint density at radius 2 is 1.89 bits per heavy atom. The summed E-state index contributed by atoms with van der Waals surface area (Å²) >= 11 is 1.30. The number of hydrogen-bond acceptors (Lipinski definition) is 8. The molecule has 1 aromatic heterocycles. The lowest BCUT2D eigenvalue weighted by Crippen LogP contribution is -2.36. The highest BCUT2D eigenvalue weighted by molar-refractivity contribution is 7.16. The van der Waals surface area contributed by atoms with Gasteiger partial charge in [0.2, 0.25) is 5.91 Å². The summed E-state index contributed by atoms with van der Waals surface area (Å²) in [5, 5.41) is 7.52. The lowest BCUT2D eigenvalue weighted by molar-refractivity contribution is -0.137. The largest absolute Gasteiger partial charge is 0.416 e. The molecule has 1 aliphatic rings. The van der Waals surface area contributed by atoms with Crippen molar-refractivity contribution in [2.24, 2.45) is 0 Å². The molecule has 0 bridgehead atoms. The van der Waals surface area contributed by atoms with Gasteiger partial charge in [-0.1, -0.05) is 17.4 Å². The number of alkyl halides is 3. The van der Waals surface area contributed by atoms with E-state index in [1.165, 1.54) is 24.3 Å². The van der Waals surface area contributed by atoms with E-state index < -0.39 is 17.6 Å². The molecule has 4 N–H and O–H groups in total. The summed E-state index contributed by atoms with van der Waals surface area (Å²) in [6.45, 7) is 3.55. The molecular formula is C25H26F3N7O2S. The fourth-order valence-electron chi connectivity index (χ4n) is 3.77. The number of anilines is 3. The Morgan fingerprint density at radius 1 is 1.13 bits per heavy atom. The van der Waals surface area contributed by atoms with E-state index in [-0.39, 0.29) is 18.0 Å². The highest BCUT2D eigenvalue weighted by Crippen LogP contribution is 2.32. The average Bonchev–Trinajstić information content (AvgIpc) is 3.48. The third kappa shape index (κ3) is 6.49. The SMILES string of the molecule is CC(=O)Nc1ncc(C2=CN(c3cc(NC(=O)c4cc(CN(C)C)cc(C(F)(F)F)c4)ccc3C)NN2)s1. The summed E-state index contributed by atoms with van der Waals surface area (Å²) in [6, 6.07) is 8.57. The van der Waals surface area contributed by atoms with E-state index in [4.69, 9.17) is 0 Å². The van der Waals surface area contributed by atoms with Crippen molar-refractivity contribution >= 4 is 45.4 Å². The van der Waals surface area contributed by atoms with Crippen molar-refractivity contribution in [2.45, 2.75) is 26.6 Å². The third-order valence-corrected chi connectivity index (χ3v) is 6.38. The van der Waals surface area contributed by atoms with Gasteiger partial charge in [-0.3, -0.25) is 14.6 Å². The molecule has 0 saturated heterocycles. The van der Waals surface area contributed by atoms with Gasteiger partial charge in [0.15, 0.2) is 5.13 Å². The zero-order valence-electron chi connectivity index (χ0n) is 21.0. The van der Waals surface area contributed by atoms with Crippen LogP contribution in [-0.2, 0) is 17.5 Å².